The van der Waals surface area contributed by atoms with Crippen molar-refractivity contribution in [2.45, 2.75) is 25.1 Å². The maximum Gasteiger partial charge on any atom is 0.298 e. The van der Waals surface area contributed by atoms with E-state index in [-0.39, 0.29) is 12.1 Å². The van der Waals surface area contributed by atoms with Crippen LogP contribution in [0.25, 0.3) is 10.9 Å². The highest BCUT2D eigenvalue weighted by molar-refractivity contribution is 7.76. The Hall–Kier alpha value is -3.99. The molecule has 17 heteroatoms. The van der Waals surface area contributed by atoms with Gasteiger partial charge in [-0.2, -0.15) is 26.3 Å². The van der Waals surface area contributed by atoms with Crippen LogP contribution >= 0.6 is 34.8 Å². The number of aldehydes is 1. The monoisotopic (exact) mass is 661 g/mol. The molecule has 0 fully saturated rings. The van der Waals surface area contributed by atoms with Crippen LogP contribution < -0.4 is 0 Å². The summed E-state index contributed by atoms with van der Waals surface area (Å²) in [4.78, 5) is 15.2. The third-order valence-corrected chi connectivity index (χ3v) is 4.70. The molecule has 0 spiro atoms. The number of carbonyl (C=O) groups is 1. The van der Waals surface area contributed by atoms with Gasteiger partial charge >= 0.3 is 0 Å². The van der Waals surface area contributed by atoms with E-state index in [0.717, 1.165) is 11.8 Å². The van der Waals surface area contributed by atoms with E-state index in [1.54, 1.807) is 66.7 Å². The summed E-state index contributed by atoms with van der Waals surface area (Å²) in [6.07, 6.45) is 1.04. The van der Waals surface area contributed by atoms with Crippen LogP contribution in [0.1, 0.15) is 47.8 Å². The Morgan fingerprint density at radius 3 is 1.33 bits per heavy atom. The first kappa shape index (κ1) is 48.9. The van der Waals surface area contributed by atoms with E-state index in [4.69, 9.17) is 98.6 Å². The number of nitrogens with zero attached hydrogens (tertiary/aromatic N) is 7. The van der Waals surface area contributed by atoms with Crippen LogP contribution in [0.5, 0.6) is 0 Å². The van der Waals surface area contributed by atoms with Crippen LogP contribution in [0, 0.1) is 63.2 Å². The highest BCUT2D eigenvalue weighted by Crippen LogP contribution is 2.07. The fraction of sp³-hybridized carbons (Fsp3) is 0.276. The lowest BCUT2D eigenvalue weighted by molar-refractivity contribution is 0.112. The van der Waals surface area contributed by atoms with Gasteiger partial charge in [0.2, 0.25) is 0 Å². The summed E-state index contributed by atoms with van der Waals surface area (Å²) in [6.45, 7) is 16.1. The first-order valence-electron chi connectivity index (χ1n) is 13.1. The van der Waals surface area contributed by atoms with Crippen LogP contribution in [0.15, 0.2) is 54.1 Å². The quantitative estimate of drug-likeness (QED) is 0.108. The fourth-order valence-corrected chi connectivity index (χ4v) is 2.25. The number of allylic oxidation sites excluding steroid dienone is 1. The van der Waals surface area contributed by atoms with E-state index in [9.17, 15) is 4.79 Å². The molecule has 224 valence electrons. The lowest BCUT2D eigenvalue weighted by Gasteiger charge is -2.13. The van der Waals surface area contributed by atoms with Gasteiger partial charge in [0.1, 0.15) is 30.1 Å². The minimum Gasteiger partial charge on any atom is -0.304 e. The van der Waals surface area contributed by atoms with E-state index in [1.165, 1.54) is 25.7 Å². The number of hydrogen-bond acceptors (Lipinski definition) is 7. The average Bonchev–Trinajstić information content (AvgIpc) is 3.06. The number of halogens is 3. The normalized spacial score (nSPS) is 7.96. The Labute approximate surface area is 295 Å². The molecule has 2 rings (SSSR count). The topological polar surface area (TPSA) is 144 Å². The predicted octanol–water partition coefficient (Wildman–Crippen LogP) is 4.84. The first-order chi connectivity index (χ1) is 21.8. The smallest absolute Gasteiger partial charge is 0.298 e. The highest BCUT2D eigenvalue weighted by atomic mass is 35.6. The highest BCUT2D eigenvalue weighted by Gasteiger charge is 2.00. The minimum absolute atomic E-state index is 0.0139. The number of benzene rings is 2. The number of hydrogen-bond donors (Lipinski definition) is 0. The van der Waals surface area contributed by atoms with E-state index in [2.05, 4.69) is 30.5 Å². The van der Waals surface area contributed by atoms with Crippen molar-refractivity contribution in [3.8, 4) is 30.3 Å². The van der Waals surface area contributed by atoms with Gasteiger partial charge in [0.15, 0.2) is 4.30 Å². The van der Waals surface area contributed by atoms with Gasteiger partial charge in [-0.15, -0.1) is 0 Å². The molecule has 0 atom stereocenters. The van der Waals surface area contributed by atoms with E-state index in [0.29, 0.717) is 16.7 Å². The van der Waals surface area contributed by atoms with Crippen molar-refractivity contribution in [3.63, 3.8) is 0 Å². The van der Waals surface area contributed by atoms with Crippen LogP contribution in [-0.2, 0) is 0 Å². The van der Waals surface area contributed by atoms with E-state index < -0.39 is 17.1 Å². The van der Waals surface area contributed by atoms with Crippen LogP contribution in [0.2, 0.25) is 0 Å². The molecule has 0 aliphatic carbocycles. The number of alkyl halides is 3. The Morgan fingerprint density at radius 2 is 1.15 bits per heavy atom. The van der Waals surface area contributed by atoms with Crippen molar-refractivity contribution >= 4 is 90.9 Å². The molecule has 8 nitrogen and oxygen atoms in total. The molecule has 0 aromatic heterocycles. The molecule has 46 heavy (non-hydrogen) atoms. The molecule has 0 aliphatic rings. The molecule has 0 saturated heterocycles. The van der Waals surface area contributed by atoms with Crippen molar-refractivity contribution in [1.29, 1.82) is 26.3 Å². The Kier molecular flexibility index (Phi) is 37.7. The SMILES string of the molecule is CCN(CC)CC.ClC(Cl)Cl.N#CC(C#N)=Cc1ccc(C#N)cc1.N#Cc1ccc(C=O)cc1.[B]B([B])B([B])[B].[C-]#[N+]CC#N. The second-order valence-corrected chi connectivity index (χ2v) is 9.84. The zero-order valence-electron chi connectivity index (χ0n) is 25.8. The predicted molar refractivity (Wildman–Crippen MR) is 193 cm³/mol. The summed E-state index contributed by atoms with van der Waals surface area (Å²) in [5.41, 5.74) is 2.51. The maximum atomic E-state index is 10.1. The molecule has 8 radical (unpaired) electrons. The van der Waals surface area contributed by atoms with Gasteiger partial charge in [0.05, 0.1) is 23.3 Å². The van der Waals surface area contributed by atoms with Crippen molar-refractivity contribution in [3.05, 3.63) is 87.8 Å². The molecule has 0 bridgehead atoms. The standard InChI is InChI=1S/C11H5N3.C8H5NO.C6H15N.C3H2N2.CHCl3.B6/c12-6-10-3-1-9(2-4-10)5-11(7-13)8-14;9-5-7-1-3-8(6-10)4-2-7;1-4-7(5-2)6-3;1-5-3-2-4;2-1(3)4;1-5(2)6(3)4/h1-5H;1-4,6H;4-6H2,1-3H3;3H2;1H;. The lowest BCUT2D eigenvalue weighted by atomic mass is 8.81. The summed E-state index contributed by atoms with van der Waals surface area (Å²) >= 11 is 14.4. The third kappa shape index (κ3) is 34.5. The fourth-order valence-electron chi connectivity index (χ4n) is 2.25. The second kappa shape index (κ2) is 35.5. The van der Waals surface area contributed by atoms with Crippen LogP contribution in [-0.4, -0.2) is 85.4 Å². The van der Waals surface area contributed by atoms with Gasteiger partial charge in [-0.1, -0.05) is 79.8 Å². The maximum absolute atomic E-state index is 10.1. The van der Waals surface area contributed by atoms with E-state index in [1.807, 2.05) is 12.1 Å². The number of rotatable bonds is 6. The van der Waals surface area contributed by atoms with E-state index >= 15 is 0 Å². The molecular formula is C29H28B6Cl3N7O. The Bertz CT molecular complexity index is 1320. The van der Waals surface area contributed by atoms with Gasteiger partial charge in [0.25, 0.3) is 6.54 Å². The first-order valence-corrected chi connectivity index (χ1v) is 14.5. The van der Waals surface area contributed by atoms with Crippen LogP contribution in [0.3, 0.4) is 0 Å². The van der Waals surface area contributed by atoms with Gasteiger partial charge in [-0.3, -0.25) is 4.79 Å². The lowest BCUT2D eigenvalue weighted by Crippen LogP contribution is -2.38. The summed E-state index contributed by atoms with van der Waals surface area (Å²) < 4.78 is -0.750. The summed E-state index contributed by atoms with van der Waals surface area (Å²) in [7, 11) is 19.9. The molecule has 0 saturated carbocycles. The Balaban J connectivity index is -0.000000244. The molecule has 2 aromatic carbocycles. The minimum atomic E-state index is -0.750. The Morgan fingerprint density at radius 1 is 0.804 bits per heavy atom. The molecule has 0 N–H and O–H groups in total. The summed E-state index contributed by atoms with van der Waals surface area (Å²) in [6, 6.07) is 22.3. The molecule has 0 amide bonds. The zero-order valence-corrected chi connectivity index (χ0v) is 28.1. The largest absolute Gasteiger partial charge is 0.304 e. The number of carbonyl (C=O) groups excluding carboxylic acids is 1. The molecular weight excluding hydrogens is 634 g/mol. The average molecular weight is 662 g/mol. The van der Waals surface area contributed by atoms with Gasteiger partial charge in [-0.25, -0.2) is 6.57 Å². The van der Waals surface area contributed by atoms with Crippen molar-refractivity contribution in [2.24, 2.45) is 0 Å². The van der Waals surface area contributed by atoms with Crippen molar-refractivity contribution < 1.29 is 4.79 Å². The molecule has 0 aliphatic heterocycles. The summed E-state index contributed by atoms with van der Waals surface area (Å²) in [5.74, 6) is 0. The summed E-state index contributed by atoms with van der Waals surface area (Å²) in [5, 5.41) is 41.5. The zero-order chi connectivity index (χ0) is 36.3. The molecule has 2 aromatic rings. The third-order valence-electron chi connectivity index (χ3n) is 4.70. The van der Waals surface area contributed by atoms with Crippen molar-refractivity contribution in [1.82, 2.24) is 4.90 Å². The number of nitriles is 5. The van der Waals surface area contributed by atoms with Crippen molar-refractivity contribution in [2.75, 3.05) is 26.2 Å². The second-order valence-electron chi connectivity index (χ2n) is 7.86. The molecule has 0 unspecified atom stereocenters. The van der Waals surface area contributed by atoms with Gasteiger partial charge in [-0.05, 0) is 55.5 Å². The molecule has 0 heterocycles. The van der Waals surface area contributed by atoms with Gasteiger partial charge < -0.3 is 9.74 Å². The van der Waals surface area contributed by atoms with Gasteiger partial charge in [0, 0.05) is 49.3 Å². The van der Waals surface area contributed by atoms with Crippen LogP contribution in [0.4, 0.5) is 0 Å².